The highest BCUT2D eigenvalue weighted by molar-refractivity contribution is 5.85. The summed E-state index contributed by atoms with van der Waals surface area (Å²) >= 11 is 0. The average molecular weight is 352 g/mol. The minimum Gasteiger partial charge on any atom is -0.489 e. The first kappa shape index (κ1) is 20.5. The molecule has 2 aromatic rings. The van der Waals surface area contributed by atoms with E-state index in [4.69, 9.17) is 4.74 Å². The number of hydrogen-bond donors (Lipinski definition) is 1. The van der Waals surface area contributed by atoms with Crippen LogP contribution in [0.4, 0.5) is 4.39 Å². The summed E-state index contributed by atoms with van der Waals surface area (Å²) in [6.45, 7) is 4.60. The molecule has 0 atom stereocenters. The molecular formula is C20H27ClFNO. The molecule has 0 amide bonds. The molecule has 0 aliphatic heterocycles. The summed E-state index contributed by atoms with van der Waals surface area (Å²) in [5.41, 5.74) is 2.18. The molecule has 4 heteroatoms. The van der Waals surface area contributed by atoms with Crippen molar-refractivity contribution in [2.24, 2.45) is 0 Å². The third-order valence-corrected chi connectivity index (χ3v) is 3.75. The van der Waals surface area contributed by atoms with E-state index in [-0.39, 0.29) is 18.2 Å². The zero-order valence-corrected chi connectivity index (χ0v) is 15.1. The van der Waals surface area contributed by atoms with Crippen molar-refractivity contribution in [3.8, 4) is 5.75 Å². The molecular weight excluding hydrogens is 325 g/mol. The Morgan fingerprint density at radius 2 is 1.75 bits per heavy atom. The van der Waals surface area contributed by atoms with Crippen LogP contribution in [0.25, 0.3) is 0 Å². The number of nitrogens with one attached hydrogen (secondary N) is 1. The highest BCUT2D eigenvalue weighted by Crippen LogP contribution is 2.15. The number of unbranched alkanes of at least 4 members (excludes halogenated alkanes) is 3. The van der Waals surface area contributed by atoms with Crippen LogP contribution in [0.2, 0.25) is 0 Å². The van der Waals surface area contributed by atoms with Crippen molar-refractivity contribution >= 4 is 12.4 Å². The van der Waals surface area contributed by atoms with Gasteiger partial charge in [-0.05, 0) is 48.4 Å². The lowest BCUT2D eigenvalue weighted by molar-refractivity contribution is 0.305. The molecule has 0 fully saturated rings. The van der Waals surface area contributed by atoms with Gasteiger partial charge in [0.25, 0.3) is 0 Å². The Balaban J connectivity index is 0.00000288. The summed E-state index contributed by atoms with van der Waals surface area (Å²) in [4.78, 5) is 0. The molecule has 2 aromatic carbocycles. The molecule has 2 nitrogen and oxygen atoms in total. The first-order chi connectivity index (χ1) is 11.3. The van der Waals surface area contributed by atoms with Crippen LogP contribution >= 0.6 is 12.4 Å². The van der Waals surface area contributed by atoms with Gasteiger partial charge in [-0.15, -0.1) is 12.4 Å². The fourth-order valence-corrected chi connectivity index (χ4v) is 2.40. The van der Waals surface area contributed by atoms with E-state index in [1.807, 2.05) is 12.1 Å². The second-order valence-electron chi connectivity index (χ2n) is 5.80. The van der Waals surface area contributed by atoms with Crippen LogP contribution in [0, 0.1) is 5.82 Å². The summed E-state index contributed by atoms with van der Waals surface area (Å²) in [7, 11) is 0. The average Bonchev–Trinajstić information content (AvgIpc) is 2.58. The molecule has 0 aliphatic rings. The highest BCUT2D eigenvalue weighted by Gasteiger charge is 1.99. The van der Waals surface area contributed by atoms with Crippen molar-refractivity contribution in [1.82, 2.24) is 5.32 Å². The molecule has 132 valence electrons. The third-order valence-electron chi connectivity index (χ3n) is 3.75. The molecule has 2 rings (SSSR count). The Morgan fingerprint density at radius 1 is 0.958 bits per heavy atom. The largest absolute Gasteiger partial charge is 0.489 e. The fraction of sp³-hybridized carbons (Fsp3) is 0.400. The van der Waals surface area contributed by atoms with Gasteiger partial charge in [-0.3, -0.25) is 0 Å². The number of benzene rings is 2. The van der Waals surface area contributed by atoms with Crippen LogP contribution in [0.15, 0.2) is 48.5 Å². The molecule has 0 heterocycles. The van der Waals surface area contributed by atoms with Gasteiger partial charge in [0.05, 0.1) is 0 Å². The monoisotopic (exact) mass is 351 g/mol. The maximum absolute atomic E-state index is 12.9. The molecule has 0 aliphatic carbocycles. The van der Waals surface area contributed by atoms with Gasteiger partial charge < -0.3 is 10.1 Å². The van der Waals surface area contributed by atoms with Gasteiger partial charge in [0.2, 0.25) is 0 Å². The first-order valence-electron chi connectivity index (χ1n) is 8.45. The topological polar surface area (TPSA) is 21.3 Å². The molecule has 0 saturated carbocycles. The molecule has 0 radical (unpaired) electrons. The minimum absolute atomic E-state index is 0. The van der Waals surface area contributed by atoms with Crippen molar-refractivity contribution < 1.29 is 9.13 Å². The van der Waals surface area contributed by atoms with Crippen LogP contribution in [-0.2, 0) is 13.2 Å². The summed E-state index contributed by atoms with van der Waals surface area (Å²) in [5.74, 6) is 0.625. The molecule has 1 N–H and O–H groups in total. The van der Waals surface area contributed by atoms with Crippen molar-refractivity contribution in [3.05, 3.63) is 65.5 Å². The van der Waals surface area contributed by atoms with Gasteiger partial charge in [0.15, 0.2) is 0 Å². The van der Waals surface area contributed by atoms with Gasteiger partial charge in [-0.1, -0.05) is 50.5 Å². The van der Waals surface area contributed by atoms with E-state index < -0.39 is 0 Å². The molecule has 0 spiro atoms. The van der Waals surface area contributed by atoms with Crippen LogP contribution in [0.3, 0.4) is 0 Å². The first-order valence-corrected chi connectivity index (χ1v) is 8.45. The number of rotatable bonds is 10. The van der Waals surface area contributed by atoms with Gasteiger partial charge >= 0.3 is 0 Å². The van der Waals surface area contributed by atoms with Crippen molar-refractivity contribution in [2.45, 2.75) is 45.8 Å². The molecule has 24 heavy (non-hydrogen) atoms. The lowest BCUT2D eigenvalue weighted by Gasteiger charge is -2.09. The lowest BCUT2D eigenvalue weighted by Crippen LogP contribution is -2.14. The summed E-state index contributed by atoms with van der Waals surface area (Å²) < 4.78 is 18.7. The van der Waals surface area contributed by atoms with E-state index in [0.29, 0.717) is 6.61 Å². The van der Waals surface area contributed by atoms with E-state index in [0.717, 1.165) is 24.4 Å². The maximum atomic E-state index is 12.9. The summed E-state index contributed by atoms with van der Waals surface area (Å²) in [5, 5.41) is 3.47. The highest BCUT2D eigenvalue weighted by atomic mass is 35.5. The van der Waals surface area contributed by atoms with E-state index in [1.54, 1.807) is 12.1 Å². The Hall–Kier alpha value is -1.58. The number of halogens is 2. The smallest absolute Gasteiger partial charge is 0.123 e. The standard InChI is InChI=1S/C20H26FNO.ClH/c1-2-3-4-5-13-22-15-18-7-6-8-20(14-18)23-16-17-9-11-19(21)12-10-17;/h6-12,14,22H,2-5,13,15-16H2,1H3;1H. The third kappa shape index (κ3) is 7.80. The molecule has 0 unspecified atom stereocenters. The van der Waals surface area contributed by atoms with Crippen LogP contribution < -0.4 is 10.1 Å². The van der Waals surface area contributed by atoms with Gasteiger partial charge in [0.1, 0.15) is 18.2 Å². The van der Waals surface area contributed by atoms with Crippen LogP contribution in [-0.4, -0.2) is 6.54 Å². The molecule has 0 bridgehead atoms. The predicted molar refractivity (Wildman–Crippen MR) is 100 cm³/mol. The molecule has 0 aromatic heterocycles. The molecule has 0 saturated heterocycles. The van der Waals surface area contributed by atoms with E-state index in [2.05, 4.69) is 24.4 Å². The Labute approximate surface area is 150 Å². The van der Waals surface area contributed by atoms with E-state index in [1.165, 1.54) is 43.4 Å². The number of ether oxygens (including phenoxy) is 1. The van der Waals surface area contributed by atoms with E-state index in [9.17, 15) is 4.39 Å². The predicted octanol–water partition coefficient (Wildman–Crippen LogP) is 5.50. The van der Waals surface area contributed by atoms with Crippen molar-refractivity contribution in [1.29, 1.82) is 0 Å². The second-order valence-corrected chi connectivity index (χ2v) is 5.80. The van der Waals surface area contributed by atoms with Gasteiger partial charge in [-0.25, -0.2) is 4.39 Å². The Kier molecular flexibility index (Phi) is 10.1. The normalized spacial score (nSPS) is 10.2. The minimum atomic E-state index is -0.222. The van der Waals surface area contributed by atoms with Crippen LogP contribution in [0.1, 0.15) is 43.7 Å². The zero-order chi connectivity index (χ0) is 16.3. The summed E-state index contributed by atoms with van der Waals surface area (Å²) in [6, 6.07) is 14.5. The fourth-order valence-electron chi connectivity index (χ4n) is 2.40. The maximum Gasteiger partial charge on any atom is 0.123 e. The van der Waals surface area contributed by atoms with E-state index >= 15 is 0 Å². The Morgan fingerprint density at radius 3 is 2.50 bits per heavy atom. The second kappa shape index (κ2) is 11.9. The quantitative estimate of drug-likeness (QED) is 0.571. The zero-order valence-electron chi connectivity index (χ0n) is 14.3. The SMILES string of the molecule is CCCCCCNCc1cccc(OCc2ccc(F)cc2)c1.Cl. The van der Waals surface area contributed by atoms with Gasteiger partial charge in [0, 0.05) is 6.54 Å². The lowest BCUT2D eigenvalue weighted by atomic mass is 10.2. The van der Waals surface area contributed by atoms with Crippen molar-refractivity contribution in [3.63, 3.8) is 0 Å². The van der Waals surface area contributed by atoms with Crippen molar-refractivity contribution in [2.75, 3.05) is 6.54 Å². The Bertz CT molecular complexity index is 574. The summed E-state index contributed by atoms with van der Waals surface area (Å²) in [6.07, 6.45) is 5.11. The van der Waals surface area contributed by atoms with Gasteiger partial charge in [-0.2, -0.15) is 0 Å². The number of hydrogen-bond acceptors (Lipinski definition) is 2. The van der Waals surface area contributed by atoms with Crippen LogP contribution in [0.5, 0.6) is 5.75 Å².